The van der Waals surface area contributed by atoms with E-state index in [1.165, 1.54) is 12.1 Å². The Kier molecular flexibility index (Phi) is 7.31. The highest BCUT2D eigenvalue weighted by molar-refractivity contribution is 7.92. The van der Waals surface area contributed by atoms with E-state index < -0.39 is 22.1 Å². The van der Waals surface area contributed by atoms with Crippen LogP contribution in [0.15, 0.2) is 41.3 Å². The molecule has 1 aromatic carbocycles. The molecule has 0 bridgehead atoms. The van der Waals surface area contributed by atoms with E-state index in [2.05, 4.69) is 19.8 Å². The summed E-state index contributed by atoms with van der Waals surface area (Å²) in [4.78, 5) is 3.98. The average Bonchev–Trinajstić information content (AvgIpc) is 2.60. The number of ether oxygens (including phenoxy) is 2. The van der Waals surface area contributed by atoms with E-state index in [1.807, 2.05) is 13.8 Å². The van der Waals surface area contributed by atoms with Gasteiger partial charge in [0.15, 0.2) is 0 Å². The zero-order valence-electron chi connectivity index (χ0n) is 16.1. The summed E-state index contributed by atoms with van der Waals surface area (Å²) in [5.41, 5.74) is 0.619. The average molecular weight is 433 g/mol. The van der Waals surface area contributed by atoms with Crippen molar-refractivity contribution in [3.63, 3.8) is 0 Å². The minimum atomic E-state index is -4.85. The fourth-order valence-corrected chi connectivity index (χ4v) is 3.37. The number of halogens is 3. The zero-order chi connectivity index (χ0) is 21.7. The van der Waals surface area contributed by atoms with Crippen LogP contribution in [-0.2, 0) is 10.0 Å². The van der Waals surface area contributed by atoms with Crippen LogP contribution in [0.2, 0.25) is 0 Å². The van der Waals surface area contributed by atoms with E-state index in [1.54, 1.807) is 6.92 Å². The lowest BCUT2D eigenvalue weighted by Crippen LogP contribution is -2.27. The van der Waals surface area contributed by atoms with Gasteiger partial charge in [0.05, 0.1) is 16.3 Å². The van der Waals surface area contributed by atoms with E-state index in [4.69, 9.17) is 4.74 Å². The predicted molar refractivity (Wildman–Crippen MR) is 102 cm³/mol. The van der Waals surface area contributed by atoms with Crippen molar-refractivity contribution < 1.29 is 31.1 Å². The summed E-state index contributed by atoms with van der Waals surface area (Å²) in [5, 5.41) is 3.19. The minimum absolute atomic E-state index is 0.216. The molecule has 29 heavy (non-hydrogen) atoms. The Labute approximate surface area is 167 Å². The summed E-state index contributed by atoms with van der Waals surface area (Å²) in [7, 11) is -4.02. The van der Waals surface area contributed by atoms with E-state index in [0.29, 0.717) is 30.8 Å². The number of nitrogens with zero attached hydrogens (tertiary/aromatic N) is 1. The van der Waals surface area contributed by atoms with Gasteiger partial charge in [-0.2, -0.15) is 0 Å². The SMILES string of the molecule is Cc1nc(OCCNC(C)C)ccc1NS(=O)(=O)c1ccc(OC(F)(F)F)cc1. The number of benzene rings is 1. The van der Waals surface area contributed by atoms with E-state index in [0.717, 1.165) is 24.3 Å². The second-order valence-electron chi connectivity index (χ2n) is 6.36. The van der Waals surface area contributed by atoms with E-state index in [9.17, 15) is 21.6 Å². The smallest absolute Gasteiger partial charge is 0.476 e. The number of anilines is 1. The lowest BCUT2D eigenvalue weighted by Gasteiger charge is -2.13. The molecule has 160 valence electrons. The fraction of sp³-hybridized carbons (Fsp3) is 0.389. The van der Waals surface area contributed by atoms with Crippen LogP contribution in [0.5, 0.6) is 11.6 Å². The highest BCUT2D eigenvalue weighted by Gasteiger charge is 2.31. The van der Waals surface area contributed by atoms with Gasteiger partial charge in [0, 0.05) is 18.7 Å². The van der Waals surface area contributed by atoms with Crippen LogP contribution in [0.4, 0.5) is 18.9 Å². The third kappa shape index (κ3) is 7.42. The van der Waals surface area contributed by atoms with Crippen molar-refractivity contribution in [3.8, 4) is 11.6 Å². The molecular weight excluding hydrogens is 411 g/mol. The van der Waals surface area contributed by atoms with Gasteiger partial charge in [0.25, 0.3) is 10.0 Å². The maximum atomic E-state index is 12.5. The number of aromatic nitrogens is 1. The molecule has 1 heterocycles. The first kappa shape index (κ1) is 22.8. The van der Waals surface area contributed by atoms with Gasteiger partial charge < -0.3 is 14.8 Å². The van der Waals surface area contributed by atoms with Gasteiger partial charge in [-0.15, -0.1) is 13.2 Å². The second kappa shape index (κ2) is 9.31. The Bertz CT molecular complexity index is 917. The summed E-state index contributed by atoms with van der Waals surface area (Å²) in [6, 6.07) is 7.26. The van der Waals surface area contributed by atoms with Gasteiger partial charge in [0.2, 0.25) is 5.88 Å². The van der Waals surface area contributed by atoms with Gasteiger partial charge in [-0.05, 0) is 37.3 Å². The molecule has 0 atom stereocenters. The molecule has 0 unspecified atom stereocenters. The molecule has 2 rings (SSSR count). The van der Waals surface area contributed by atoms with Crippen LogP contribution in [0, 0.1) is 6.92 Å². The number of alkyl halides is 3. The van der Waals surface area contributed by atoms with Gasteiger partial charge in [0.1, 0.15) is 12.4 Å². The molecular formula is C18H22F3N3O4S. The zero-order valence-corrected chi connectivity index (χ0v) is 16.9. The Hall–Kier alpha value is -2.53. The van der Waals surface area contributed by atoms with Crippen LogP contribution in [0.3, 0.4) is 0 Å². The standard InChI is InChI=1S/C18H22F3N3O4S/c1-12(2)22-10-11-27-17-9-8-16(13(3)23-17)24-29(25,26)15-6-4-14(5-7-15)28-18(19,20)21/h4-9,12,22,24H,10-11H2,1-3H3. The Balaban J connectivity index is 2.04. The monoisotopic (exact) mass is 433 g/mol. The molecule has 0 aliphatic heterocycles. The van der Waals surface area contributed by atoms with Crippen molar-refractivity contribution in [2.45, 2.75) is 38.1 Å². The summed E-state index contributed by atoms with van der Waals surface area (Å²) >= 11 is 0. The molecule has 0 spiro atoms. The minimum Gasteiger partial charge on any atom is -0.476 e. The molecule has 0 amide bonds. The second-order valence-corrected chi connectivity index (χ2v) is 8.05. The summed E-state index contributed by atoms with van der Waals surface area (Å²) < 4.78 is 73.1. The predicted octanol–water partition coefficient (Wildman–Crippen LogP) is 3.47. The van der Waals surface area contributed by atoms with Crippen molar-refractivity contribution in [2.75, 3.05) is 17.9 Å². The number of sulfonamides is 1. The number of rotatable bonds is 9. The largest absolute Gasteiger partial charge is 0.573 e. The van der Waals surface area contributed by atoms with Crippen molar-refractivity contribution in [1.82, 2.24) is 10.3 Å². The van der Waals surface area contributed by atoms with Crippen LogP contribution >= 0.6 is 0 Å². The topological polar surface area (TPSA) is 89.5 Å². The molecule has 2 aromatic rings. The molecule has 2 N–H and O–H groups in total. The molecule has 1 aromatic heterocycles. The highest BCUT2D eigenvalue weighted by Crippen LogP contribution is 2.25. The summed E-state index contributed by atoms with van der Waals surface area (Å²) in [6.45, 7) is 6.68. The van der Waals surface area contributed by atoms with Crippen molar-refractivity contribution in [2.24, 2.45) is 0 Å². The third-order valence-corrected chi connectivity index (χ3v) is 4.96. The number of hydrogen-bond donors (Lipinski definition) is 2. The number of aryl methyl sites for hydroxylation is 1. The summed E-state index contributed by atoms with van der Waals surface area (Å²) in [5.74, 6) is -0.160. The fourth-order valence-electron chi connectivity index (χ4n) is 2.25. The first-order valence-electron chi connectivity index (χ1n) is 8.69. The maximum Gasteiger partial charge on any atom is 0.573 e. The van der Waals surface area contributed by atoms with Crippen LogP contribution in [-0.4, -0.2) is 39.0 Å². The Morgan fingerprint density at radius 3 is 2.31 bits per heavy atom. The first-order chi connectivity index (χ1) is 13.5. The number of pyridine rings is 1. The quantitative estimate of drug-likeness (QED) is 0.589. The Morgan fingerprint density at radius 1 is 1.10 bits per heavy atom. The molecule has 0 aliphatic rings. The maximum absolute atomic E-state index is 12.5. The van der Waals surface area contributed by atoms with Crippen LogP contribution < -0.4 is 19.5 Å². The Morgan fingerprint density at radius 2 is 1.76 bits per heavy atom. The number of nitrogens with one attached hydrogen (secondary N) is 2. The van der Waals surface area contributed by atoms with E-state index in [-0.39, 0.29) is 10.6 Å². The van der Waals surface area contributed by atoms with Crippen molar-refractivity contribution >= 4 is 15.7 Å². The lowest BCUT2D eigenvalue weighted by atomic mass is 10.3. The number of hydrogen-bond acceptors (Lipinski definition) is 6. The molecule has 7 nitrogen and oxygen atoms in total. The van der Waals surface area contributed by atoms with Crippen LogP contribution in [0.1, 0.15) is 19.5 Å². The molecule has 0 radical (unpaired) electrons. The van der Waals surface area contributed by atoms with Crippen LogP contribution in [0.25, 0.3) is 0 Å². The molecule has 0 fully saturated rings. The van der Waals surface area contributed by atoms with Gasteiger partial charge in [-0.3, -0.25) is 4.72 Å². The molecule has 0 saturated heterocycles. The lowest BCUT2D eigenvalue weighted by molar-refractivity contribution is -0.274. The third-order valence-electron chi connectivity index (χ3n) is 3.58. The molecule has 0 aliphatic carbocycles. The van der Waals surface area contributed by atoms with Crippen molar-refractivity contribution in [1.29, 1.82) is 0 Å². The molecule has 0 saturated carbocycles. The van der Waals surface area contributed by atoms with E-state index >= 15 is 0 Å². The van der Waals surface area contributed by atoms with Crippen molar-refractivity contribution in [3.05, 3.63) is 42.1 Å². The molecule has 11 heteroatoms. The van der Waals surface area contributed by atoms with Gasteiger partial charge >= 0.3 is 6.36 Å². The summed E-state index contributed by atoms with van der Waals surface area (Å²) in [6.07, 6.45) is -4.85. The first-order valence-corrected chi connectivity index (χ1v) is 10.2. The highest BCUT2D eigenvalue weighted by atomic mass is 32.2. The van der Waals surface area contributed by atoms with Gasteiger partial charge in [-0.25, -0.2) is 13.4 Å². The normalized spacial score (nSPS) is 12.1. The van der Waals surface area contributed by atoms with Gasteiger partial charge in [-0.1, -0.05) is 13.8 Å².